The number of aromatic carboxylic acids is 1. The van der Waals surface area contributed by atoms with Crippen LogP contribution in [0.25, 0.3) is 0 Å². The maximum absolute atomic E-state index is 12.6. The number of carbonyl (C=O) groups is 2. The van der Waals surface area contributed by atoms with E-state index in [0.717, 1.165) is 17.6 Å². The van der Waals surface area contributed by atoms with E-state index in [-0.39, 0.29) is 41.3 Å². The fourth-order valence-electron chi connectivity index (χ4n) is 5.11. The molecule has 180 valence electrons. The summed E-state index contributed by atoms with van der Waals surface area (Å²) in [4.78, 5) is 26.1. The van der Waals surface area contributed by atoms with Gasteiger partial charge < -0.3 is 39.1 Å². The molecule has 1 aromatic rings. The largest absolute Gasteiger partial charge is 0.507 e. The number of hydrogen-bond donors (Lipinski definition) is 4. The van der Waals surface area contributed by atoms with Crippen molar-refractivity contribution in [3.05, 3.63) is 23.3 Å². The molecule has 1 amide bonds. The predicted octanol–water partition coefficient (Wildman–Crippen LogP) is 0.122. The molecule has 2 unspecified atom stereocenters. The van der Waals surface area contributed by atoms with E-state index >= 15 is 0 Å². The van der Waals surface area contributed by atoms with Gasteiger partial charge in [-0.15, -0.1) is 0 Å². The van der Waals surface area contributed by atoms with Gasteiger partial charge in [-0.3, -0.25) is 4.79 Å². The molecule has 4 rings (SSSR count). The van der Waals surface area contributed by atoms with Crippen LogP contribution in [0.15, 0.2) is 12.1 Å². The highest BCUT2D eigenvalue weighted by Crippen LogP contribution is 2.61. The third kappa shape index (κ3) is 4.82. The highest BCUT2D eigenvalue weighted by molar-refractivity contribution is 6.45. The lowest BCUT2D eigenvalue weighted by Crippen LogP contribution is -2.58. The van der Waals surface area contributed by atoms with E-state index in [1.54, 1.807) is 11.0 Å². The molecule has 3 aliphatic rings. The number of rotatable bonds is 7. The number of likely N-dealkylation sites (N-methyl/N-ethyl adjacent to an activating group) is 1. The molecular formula is C22H32BN2O8+. The number of morpholine rings is 1. The lowest BCUT2D eigenvalue weighted by Gasteiger charge is -2.41. The highest BCUT2D eigenvalue weighted by atomic mass is 16.5. The van der Waals surface area contributed by atoms with Crippen molar-refractivity contribution in [2.75, 3.05) is 46.9 Å². The second kappa shape index (κ2) is 8.79. The number of aromatic hydroxyl groups is 1. The van der Waals surface area contributed by atoms with E-state index in [1.165, 1.54) is 6.07 Å². The molecule has 0 spiro atoms. The monoisotopic (exact) mass is 463 g/mol. The fourth-order valence-corrected chi connectivity index (χ4v) is 5.11. The average Bonchev–Trinajstić information content (AvgIpc) is 3.34. The number of likely N-dealkylation sites (tertiary alicyclic amines) is 1. The molecular weight excluding hydrogens is 431 g/mol. The van der Waals surface area contributed by atoms with Crippen molar-refractivity contribution in [3.8, 4) is 11.5 Å². The summed E-state index contributed by atoms with van der Waals surface area (Å²) in [5, 5.41) is 39.2. The molecule has 0 bridgehead atoms. The highest BCUT2D eigenvalue weighted by Gasteiger charge is 2.55. The zero-order chi connectivity index (χ0) is 24.1. The van der Waals surface area contributed by atoms with Crippen LogP contribution in [-0.2, 0) is 9.53 Å². The predicted molar refractivity (Wildman–Crippen MR) is 118 cm³/mol. The van der Waals surface area contributed by atoms with Crippen molar-refractivity contribution >= 4 is 19.0 Å². The first-order chi connectivity index (χ1) is 15.5. The number of nitrogens with zero attached hydrogens (tertiary/aromatic N) is 2. The second-order valence-electron chi connectivity index (χ2n) is 10.1. The molecule has 3 fully saturated rings. The summed E-state index contributed by atoms with van der Waals surface area (Å²) in [5.74, 6) is -2.61. The minimum absolute atomic E-state index is 0.0188. The van der Waals surface area contributed by atoms with E-state index in [9.17, 15) is 29.9 Å². The SMILES string of the molecule is C[C@@H]1C(B(O)O)C1c1ccc(OC2CN(C(=O)C[C@@H]3C[N+](C)(C)CCO3)C2)c(C(=O)O)c1O. The van der Waals surface area contributed by atoms with Crippen molar-refractivity contribution in [3.63, 3.8) is 0 Å². The van der Waals surface area contributed by atoms with Crippen molar-refractivity contribution < 1.29 is 43.8 Å². The van der Waals surface area contributed by atoms with Gasteiger partial charge in [0.25, 0.3) is 0 Å². The number of carboxylic acid groups (broad SMARTS) is 1. The average molecular weight is 463 g/mol. The molecule has 10 nitrogen and oxygen atoms in total. The van der Waals surface area contributed by atoms with Crippen molar-refractivity contribution in [2.24, 2.45) is 5.92 Å². The summed E-state index contributed by atoms with van der Waals surface area (Å²) in [6.07, 6.45) is -0.180. The van der Waals surface area contributed by atoms with Crippen LogP contribution in [-0.4, -0.2) is 108 Å². The maximum atomic E-state index is 12.6. The Balaban J connectivity index is 1.37. The van der Waals surface area contributed by atoms with Crippen molar-refractivity contribution in [1.29, 1.82) is 0 Å². The zero-order valence-corrected chi connectivity index (χ0v) is 19.2. The topological polar surface area (TPSA) is 137 Å². The van der Waals surface area contributed by atoms with E-state index in [1.807, 2.05) is 6.92 Å². The Labute approximate surface area is 193 Å². The van der Waals surface area contributed by atoms with E-state index in [0.29, 0.717) is 31.7 Å². The standard InChI is InChI=1S/C22H31BN2O8/c1-12-18(20(12)23(30)31)15-4-5-16(19(21(15)27)22(28)29)33-14-9-24(10-14)17(26)8-13-11-25(2,3)6-7-32-13/h4-5,12-14,18,20,30-31H,6-11H2,1-3H3,(H-,27,28,29)/p+1/t12-,13+,18?,20?/m0/s1. The Morgan fingerprint density at radius 2 is 1.97 bits per heavy atom. The molecule has 4 atom stereocenters. The maximum Gasteiger partial charge on any atom is 0.455 e. The number of phenols is 1. The van der Waals surface area contributed by atoms with Crippen LogP contribution in [0.1, 0.15) is 35.2 Å². The number of carboxylic acids is 1. The quantitative estimate of drug-likeness (QED) is 0.331. The third-order valence-electron chi connectivity index (χ3n) is 7.18. The van der Waals surface area contributed by atoms with Crippen LogP contribution < -0.4 is 4.74 Å². The van der Waals surface area contributed by atoms with Crippen LogP contribution in [0.4, 0.5) is 0 Å². The lowest BCUT2D eigenvalue weighted by molar-refractivity contribution is -0.901. The van der Waals surface area contributed by atoms with Gasteiger partial charge in [-0.05, 0) is 23.5 Å². The van der Waals surface area contributed by atoms with Crippen molar-refractivity contribution in [2.45, 2.75) is 37.3 Å². The van der Waals surface area contributed by atoms with Crippen LogP contribution in [0.3, 0.4) is 0 Å². The van der Waals surface area contributed by atoms with Gasteiger partial charge >= 0.3 is 13.1 Å². The molecule has 1 saturated carbocycles. The normalized spacial score (nSPS) is 28.7. The summed E-state index contributed by atoms with van der Waals surface area (Å²) < 4.78 is 12.4. The smallest absolute Gasteiger partial charge is 0.455 e. The number of benzene rings is 1. The van der Waals surface area contributed by atoms with Gasteiger partial charge in [0, 0.05) is 5.82 Å². The van der Waals surface area contributed by atoms with Crippen LogP contribution >= 0.6 is 0 Å². The molecule has 1 aliphatic carbocycles. The van der Waals surface area contributed by atoms with Crippen LogP contribution in [0.2, 0.25) is 5.82 Å². The molecule has 2 heterocycles. The Bertz CT molecular complexity index is 933. The molecule has 2 aliphatic heterocycles. The summed E-state index contributed by atoms with van der Waals surface area (Å²) in [6.45, 7) is 4.82. The van der Waals surface area contributed by atoms with Gasteiger partial charge in [-0.25, -0.2) is 4.79 Å². The second-order valence-corrected chi connectivity index (χ2v) is 10.1. The minimum Gasteiger partial charge on any atom is -0.507 e. The number of amides is 1. The van der Waals surface area contributed by atoms with E-state index in [2.05, 4.69) is 14.1 Å². The first kappa shape index (κ1) is 23.8. The summed E-state index contributed by atoms with van der Waals surface area (Å²) in [7, 11) is 2.70. The van der Waals surface area contributed by atoms with E-state index < -0.39 is 24.7 Å². The van der Waals surface area contributed by atoms with Gasteiger partial charge in [0.1, 0.15) is 42.4 Å². The van der Waals surface area contributed by atoms with Gasteiger partial charge in [0.05, 0.1) is 40.2 Å². The summed E-state index contributed by atoms with van der Waals surface area (Å²) in [5.41, 5.74) is 0.0164. The van der Waals surface area contributed by atoms with Crippen LogP contribution in [0.5, 0.6) is 11.5 Å². The summed E-state index contributed by atoms with van der Waals surface area (Å²) in [6, 6.07) is 3.06. The Morgan fingerprint density at radius 3 is 2.55 bits per heavy atom. The van der Waals surface area contributed by atoms with Crippen LogP contribution in [0, 0.1) is 5.92 Å². The number of carbonyl (C=O) groups excluding carboxylic acids is 1. The van der Waals surface area contributed by atoms with Gasteiger partial charge in [-0.1, -0.05) is 13.0 Å². The minimum atomic E-state index is -1.53. The Morgan fingerprint density at radius 1 is 1.27 bits per heavy atom. The summed E-state index contributed by atoms with van der Waals surface area (Å²) >= 11 is 0. The molecule has 4 N–H and O–H groups in total. The third-order valence-corrected chi connectivity index (χ3v) is 7.18. The molecule has 2 saturated heterocycles. The number of ether oxygens (including phenoxy) is 2. The molecule has 0 radical (unpaired) electrons. The molecule has 1 aromatic carbocycles. The van der Waals surface area contributed by atoms with Crippen molar-refractivity contribution in [1.82, 2.24) is 4.90 Å². The number of quaternary nitrogens is 1. The first-order valence-corrected chi connectivity index (χ1v) is 11.3. The first-order valence-electron chi connectivity index (χ1n) is 11.3. The fraction of sp³-hybridized carbons (Fsp3) is 0.636. The number of hydrogen-bond acceptors (Lipinski definition) is 7. The van der Waals surface area contributed by atoms with Gasteiger partial charge in [-0.2, -0.15) is 0 Å². The van der Waals surface area contributed by atoms with E-state index in [4.69, 9.17) is 9.47 Å². The molecule has 0 aromatic heterocycles. The Kier molecular flexibility index (Phi) is 6.34. The molecule has 11 heteroatoms. The van der Waals surface area contributed by atoms with Gasteiger partial charge in [0.2, 0.25) is 5.91 Å². The van der Waals surface area contributed by atoms with Gasteiger partial charge in [0.15, 0.2) is 0 Å². The molecule has 33 heavy (non-hydrogen) atoms. The lowest BCUT2D eigenvalue weighted by atomic mass is 9.80. The zero-order valence-electron chi connectivity index (χ0n) is 19.2. The Hall–Kier alpha value is -2.34.